The van der Waals surface area contributed by atoms with Gasteiger partial charge in [-0.3, -0.25) is 0 Å². The zero-order chi connectivity index (χ0) is 26.8. The molecule has 1 saturated carbocycles. The van der Waals surface area contributed by atoms with Crippen molar-refractivity contribution in [2.75, 3.05) is 0 Å². The lowest BCUT2D eigenvalue weighted by molar-refractivity contribution is -0.659. The second-order valence-electron chi connectivity index (χ2n) is 9.98. The van der Waals surface area contributed by atoms with Crippen LogP contribution in [-0.4, -0.2) is 0 Å². The molecule has 0 aliphatic heterocycles. The van der Waals surface area contributed by atoms with Gasteiger partial charge in [-0.25, -0.2) is 4.57 Å². The van der Waals surface area contributed by atoms with Crippen LogP contribution < -0.4 is 4.57 Å². The van der Waals surface area contributed by atoms with Crippen LogP contribution in [0, 0.1) is 19.3 Å². The van der Waals surface area contributed by atoms with Crippen molar-refractivity contribution in [3.8, 4) is 11.3 Å². The van der Waals surface area contributed by atoms with Crippen LogP contribution in [0.3, 0.4) is 0 Å². The highest BCUT2D eigenvalue weighted by Gasteiger charge is 2.28. The summed E-state index contributed by atoms with van der Waals surface area (Å²) in [5.74, 6) is -1.31. The molecule has 1 heterocycles. The Balaban J connectivity index is 1.94. The molecule has 1 atom stereocenters. The van der Waals surface area contributed by atoms with Gasteiger partial charge in [-0.05, 0) is 96.5 Å². The van der Waals surface area contributed by atoms with Gasteiger partial charge in [0.2, 0.25) is 5.69 Å². The molecular formula is C29H38N+. The van der Waals surface area contributed by atoms with Crippen molar-refractivity contribution in [2.24, 2.45) is 12.5 Å². The van der Waals surface area contributed by atoms with Gasteiger partial charge in [-0.2, -0.15) is 0 Å². The molecule has 4 rings (SSSR count). The molecule has 1 unspecified atom stereocenters. The van der Waals surface area contributed by atoms with Crippen LogP contribution >= 0.6 is 0 Å². The molecule has 158 valence electrons. The summed E-state index contributed by atoms with van der Waals surface area (Å²) in [5.41, 5.74) is 5.51. The number of rotatable bonds is 3. The quantitative estimate of drug-likeness (QED) is 0.391. The van der Waals surface area contributed by atoms with Crippen molar-refractivity contribution in [2.45, 2.75) is 79.0 Å². The molecule has 30 heavy (non-hydrogen) atoms. The summed E-state index contributed by atoms with van der Waals surface area (Å²) >= 11 is 0. The summed E-state index contributed by atoms with van der Waals surface area (Å²) in [7, 11) is 1.79. The first-order valence-corrected chi connectivity index (χ1v) is 11.1. The summed E-state index contributed by atoms with van der Waals surface area (Å²) in [4.78, 5) is 0. The molecule has 0 radical (unpaired) electrons. The molecule has 0 bridgehead atoms. The number of hydrogen-bond donors (Lipinski definition) is 0. The Morgan fingerprint density at radius 1 is 1.17 bits per heavy atom. The molecule has 1 aromatic heterocycles. The smallest absolute Gasteiger partial charge is 0.200 e. The summed E-state index contributed by atoms with van der Waals surface area (Å²) in [5, 5.41) is 1.63. The average Bonchev–Trinajstić information content (AvgIpc) is 2.79. The fourth-order valence-corrected chi connectivity index (χ4v) is 4.89. The maximum Gasteiger partial charge on any atom is 0.220 e. The standard InChI is InChI=1S/C29H38N/c1-19(2)25-16-20(3)21(4)27(18-25)28-26-9-8-23(17-24(26)12-15-30(28)7)22-10-13-29(5,6)14-11-22/h8-9,12,15-19,22H,10-11,13-14H2,1-7H3/q+1/i1D3,12D,15D,19D. The maximum absolute atomic E-state index is 8.77. The van der Waals surface area contributed by atoms with Crippen LogP contribution in [0.5, 0.6) is 0 Å². The zero-order valence-corrected chi connectivity index (χ0v) is 19.2. The van der Waals surface area contributed by atoms with Gasteiger partial charge >= 0.3 is 0 Å². The van der Waals surface area contributed by atoms with Crippen LogP contribution in [0.1, 0.15) is 95.6 Å². The fourth-order valence-electron chi connectivity index (χ4n) is 4.89. The Kier molecular flexibility index (Phi) is 3.86. The highest BCUT2D eigenvalue weighted by atomic mass is 14.9. The monoisotopic (exact) mass is 406 g/mol. The van der Waals surface area contributed by atoms with Crippen molar-refractivity contribution in [3.05, 3.63) is 64.8 Å². The normalized spacial score (nSPS) is 22.3. The lowest BCUT2D eigenvalue weighted by atomic mass is 9.71. The molecular weight excluding hydrogens is 362 g/mol. The van der Waals surface area contributed by atoms with Crippen LogP contribution in [-0.2, 0) is 7.05 Å². The maximum atomic E-state index is 8.77. The Bertz CT molecular complexity index is 1330. The average molecular weight is 407 g/mol. The van der Waals surface area contributed by atoms with Crippen molar-refractivity contribution < 1.29 is 12.8 Å². The SMILES string of the molecule is [2H]c1c([2H])[n+](C)c(-c2cc(C([2H])(C)C([2H])([2H])[2H])cc(C)c2C)c2ccc(C3CCC(C)(C)CC3)cc12. The summed E-state index contributed by atoms with van der Waals surface area (Å²) in [6, 6.07) is 10.1. The van der Waals surface area contributed by atoms with E-state index in [1.165, 1.54) is 25.3 Å². The first-order valence-electron chi connectivity index (χ1n) is 14.1. The number of aryl methyl sites for hydroxylation is 1. The first-order chi connectivity index (χ1) is 16.5. The van der Waals surface area contributed by atoms with Gasteiger partial charge in [0.15, 0.2) is 6.17 Å². The predicted molar refractivity (Wildman–Crippen MR) is 129 cm³/mol. The number of nitrogens with zero attached hydrogens (tertiary/aromatic N) is 1. The zero-order valence-electron chi connectivity index (χ0n) is 25.2. The molecule has 1 aliphatic carbocycles. The van der Waals surface area contributed by atoms with Gasteiger partial charge in [0.1, 0.15) is 8.42 Å². The third-order valence-corrected chi connectivity index (χ3v) is 7.16. The molecule has 1 heteroatoms. The van der Waals surface area contributed by atoms with E-state index in [4.69, 9.17) is 8.22 Å². The van der Waals surface area contributed by atoms with Gasteiger partial charge in [0.05, 0.1) is 12.3 Å². The van der Waals surface area contributed by atoms with E-state index in [1.54, 1.807) is 23.7 Å². The molecule has 0 saturated heterocycles. The van der Waals surface area contributed by atoms with Crippen LogP contribution in [0.2, 0.25) is 0 Å². The summed E-state index contributed by atoms with van der Waals surface area (Å²) in [6.07, 6.45) is 4.74. The number of fused-ring (bicyclic) bond motifs is 1. The van der Waals surface area contributed by atoms with Crippen molar-refractivity contribution in [1.82, 2.24) is 0 Å². The minimum Gasteiger partial charge on any atom is -0.200 e. The van der Waals surface area contributed by atoms with Crippen molar-refractivity contribution in [1.29, 1.82) is 0 Å². The molecule has 1 nitrogen and oxygen atoms in total. The Labute approximate surface area is 191 Å². The van der Waals surface area contributed by atoms with Gasteiger partial charge in [0.25, 0.3) is 0 Å². The number of benzene rings is 2. The molecule has 2 aromatic carbocycles. The molecule has 0 spiro atoms. The van der Waals surface area contributed by atoms with E-state index in [0.717, 1.165) is 46.0 Å². The fraction of sp³-hybridized carbons (Fsp3) is 0.483. The number of pyridine rings is 1. The van der Waals surface area contributed by atoms with Crippen LogP contribution in [0.4, 0.5) is 0 Å². The van der Waals surface area contributed by atoms with E-state index in [2.05, 4.69) is 32.0 Å². The van der Waals surface area contributed by atoms with Crippen molar-refractivity contribution >= 4 is 10.8 Å². The van der Waals surface area contributed by atoms with Gasteiger partial charge in [-0.1, -0.05) is 45.8 Å². The van der Waals surface area contributed by atoms with Crippen LogP contribution in [0.25, 0.3) is 22.0 Å². The Morgan fingerprint density at radius 2 is 1.90 bits per heavy atom. The van der Waals surface area contributed by atoms with Gasteiger partial charge in [-0.15, -0.1) is 0 Å². The minimum absolute atomic E-state index is 0.117. The highest BCUT2D eigenvalue weighted by Crippen LogP contribution is 2.43. The number of hydrogen-bond acceptors (Lipinski definition) is 0. The van der Waals surface area contributed by atoms with Gasteiger partial charge < -0.3 is 0 Å². The predicted octanol–water partition coefficient (Wildman–Crippen LogP) is 7.76. The summed E-state index contributed by atoms with van der Waals surface area (Å²) < 4.78 is 51.7. The van der Waals surface area contributed by atoms with E-state index in [1.807, 2.05) is 13.8 Å². The molecule has 0 N–H and O–H groups in total. The topological polar surface area (TPSA) is 3.88 Å². The third-order valence-electron chi connectivity index (χ3n) is 7.16. The highest BCUT2D eigenvalue weighted by molar-refractivity contribution is 5.94. The van der Waals surface area contributed by atoms with E-state index in [-0.39, 0.29) is 12.2 Å². The minimum atomic E-state index is -2.48. The summed E-state index contributed by atoms with van der Waals surface area (Å²) in [6.45, 7) is 7.54. The second-order valence-corrected chi connectivity index (χ2v) is 9.98. The molecule has 1 fully saturated rings. The van der Waals surface area contributed by atoms with E-state index in [9.17, 15) is 0 Å². The Hall–Kier alpha value is -2.15. The third kappa shape index (κ3) is 3.92. The largest absolute Gasteiger partial charge is 0.220 e. The van der Waals surface area contributed by atoms with Crippen LogP contribution in [0.15, 0.2) is 42.5 Å². The van der Waals surface area contributed by atoms with Gasteiger partial charge in [0, 0.05) is 11.5 Å². The van der Waals surface area contributed by atoms with E-state index >= 15 is 0 Å². The van der Waals surface area contributed by atoms with E-state index < -0.39 is 12.7 Å². The Morgan fingerprint density at radius 3 is 2.60 bits per heavy atom. The lowest BCUT2D eigenvalue weighted by Crippen LogP contribution is -2.31. The number of aromatic nitrogens is 1. The molecule has 0 amide bonds. The molecule has 1 aliphatic rings. The second kappa shape index (κ2) is 7.84. The lowest BCUT2D eigenvalue weighted by Gasteiger charge is -2.34. The first kappa shape index (κ1) is 14.8. The van der Waals surface area contributed by atoms with Crippen molar-refractivity contribution in [3.63, 3.8) is 0 Å². The van der Waals surface area contributed by atoms with E-state index in [0.29, 0.717) is 16.9 Å². The molecule has 3 aromatic rings.